The Morgan fingerprint density at radius 1 is 0.844 bits per heavy atom. The Morgan fingerprint density at radius 3 is 2.44 bits per heavy atom. The number of rotatable bonds is 2. The van der Waals surface area contributed by atoms with Crippen molar-refractivity contribution in [1.82, 2.24) is 0 Å². The molecule has 1 aromatic heterocycles. The molecule has 156 valence electrons. The van der Waals surface area contributed by atoms with Crippen LogP contribution in [0.15, 0.2) is 88.8 Å². The topological polar surface area (TPSA) is 7.12 Å². The number of aromatic nitrogens is 1. The van der Waals surface area contributed by atoms with Crippen LogP contribution in [-0.2, 0) is 13.5 Å². The highest BCUT2D eigenvalue weighted by Crippen LogP contribution is 2.46. The molecule has 0 N–H and O–H groups in total. The van der Waals surface area contributed by atoms with E-state index in [1.54, 1.807) is 0 Å². The molecule has 0 bridgehead atoms. The third-order valence-corrected chi connectivity index (χ3v) is 7.80. The van der Waals surface area contributed by atoms with Crippen molar-refractivity contribution in [2.75, 3.05) is 11.9 Å². The first kappa shape index (κ1) is 19.4. The number of hydrogen-bond donors (Lipinski definition) is 0. The molecule has 3 aromatic carbocycles. The monoisotopic (exact) mass is 433 g/mol. The summed E-state index contributed by atoms with van der Waals surface area (Å²) < 4.78 is 2.40. The van der Waals surface area contributed by atoms with E-state index < -0.39 is 0 Å². The van der Waals surface area contributed by atoms with Gasteiger partial charge in [0.05, 0.1) is 16.1 Å². The van der Waals surface area contributed by atoms with Crippen LogP contribution in [0.1, 0.15) is 28.8 Å². The SMILES string of the molecule is CN1/C(=C/c2c3c([n+](C)c4ccccc24)/C(=C\c2ccccc2)CC3)Sc2ccccc21. The van der Waals surface area contributed by atoms with Gasteiger partial charge >= 0.3 is 0 Å². The van der Waals surface area contributed by atoms with Gasteiger partial charge in [0.1, 0.15) is 7.05 Å². The van der Waals surface area contributed by atoms with Crippen LogP contribution in [0.3, 0.4) is 0 Å². The van der Waals surface area contributed by atoms with Crippen molar-refractivity contribution < 1.29 is 4.57 Å². The van der Waals surface area contributed by atoms with Gasteiger partial charge in [-0.3, -0.25) is 0 Å². The highest BCUT2D eigenvalue weighted by molar-refractivity contribution is 8.03. The van der Waals surface area contributed by atoms with Gasteiger partial charge in [-0.15, -0.1) is 0 Å². The molecule has 2 nitrogen and oxygen atoms in total. The van der Waals surface area contributed by atoms with E-state index in [0.29, 0.717) is 0 Å². The fraction of sp³-hybridized carbons (Fsp3) is 0.138. The maximum absolute atomic E-state index is 2.41. The second-order valence-corrected chi connectivity index (χ2v) is 9.57. The Bertz CT molecular complexity index is 1420. The van der Waals surface area contributed by atoms with Gasteiger partial charge in [-0.2, -0.15) is 4.57 Å². The molecule has 0 saturated heterocycles. The molecule has 3 heteroatoms. The van der Waals surface area contributed by atoms with Crippen LogP contribution in [0.25, 0.3) is 28.6 Å². The quantitative estimate of drug-likeness (QED) is 0.325. The van der Waals surface area contributed by atoms with Gasteiger partial charge in [0.15, 0.2) is 0 Å². The Hall–Kier alpha value is -3.30. The van der Waals surface area contributed by atoms with Gasteiger partial charge < -0.3 is 4.90 Å². The molecular weight excluding hydrogens is 408 g/mol. The molecule has 1 aliphatic carbocycles. The Balaban J connectivity index is 1.56. The number of benzene rings is 3. The van der Waals surface area contributed by atoms with E-state index in [2.05, 4.69) is 115 Å². The van der Waals surface area contributed by atoms with E-state index in [-0.39, 0.29) is 0 Å². The summed E-state index contributed by atoms with van der Waals surface area (Å²) in [6.45, 7) is 0. The van der Waals surface area contributed by atoms with E-state index in [0.717, 1.165) is 12.8 Å². The van der Waals surface area contributed by atoms with Crippen LogP contribution in [0.4, 0.5) is 5.69 Å². The van der Waals surface area contributed by atoms with Crippen LogP contribution in [0.5, 0.6) is 0 Å². The van der Waals surface area contributed by atoms with E-state index in [4.69, 9.17) is 0 Å². The van der Waals surface area contributed by atoms with E-state index >= 15 is 0 Å². The van der Waals surface area contributed by atoms with Crippen molar-refractivity contribution in [2.45, 2.75) is 17.7 Å². The lowest BCUT2D eigenvalue weighted by Crippen LogP contribution is -2.34. The first-order valence-electron chi connectivity index (χ1n) is 11.1. The summed E-state index contributed by atoms with van der Waals surface area (Å²) in [4.78, 5) is 3.65. The second-order valence-electron chi connectivity index (χ2n) is 8.51. The summed E-state index contributed by atoms with van der Waals surface area (Å²) in [7, 11) is 4.39. The van der Waals surface area contributed by atoms with Gasteiger partial charge in [0.25, 0.3) is 0 Å². The molecule has 2 heterocycles. The number of hydrogen-bond acceptors (Lipinski definition) is 2. The maximum atomic E-state index is 2.41. The third-order valence-electron chi connectivity index (χ3n) is 6.63. The third kappa shape index (κ3) is 3.08. The largest absolute Gasteiger partial charge is 0.338 e. The molecule has 0 unspecified atom stereocenters. The Labute approximate surface area is 193 Å². The number of para-hydroxylation sites is 2. The van der Waals surface area contributed by atoms with Gasteiger partial charge in [-0.1, -0.05) is 66.4 Å². The number of allylic oxidation sites excluding steroid dienone is 1. The fourth-order valence-electron chi connectivity index (χ4n) is 5.07. The fourth-order valence-corrected chi connectivity index (χ4v) is 6.17. The molecule has 32 heavy (non-hydrogen) atoms. The number of pyridine rings is 1. The first-order chi connectivity index (χ1) is 15.7. The van der Waals surface area contributed by atoms with Crippen LogP contribution >= 0.6 is 11.8 Å². The van der Waals surface area contributed by atoms with E-state index in [1.165, 1.54) is 54.5 Å². The van der Waals surface area contributed by atoms with Gasteiger partial charge in [-0.05, 0) is 48.8 Å². The number of nitrogens with zero attached hydrogens (tertiary/aromatic N) is 2. The smallest absolute Gasteiger partial charge is 0.213 e. The number of anilines is 1. The molecule has 0 atom stereocenters. The summed E-state index contributed by atoms with van der Waals surface area (Å²) in [5.41, 5.74) is 9.47. The molecule has 6 rings (SSSR count). The summed E-state index contributed by atoms with van der Waals surface area (Å²) >= 11 is 1.87. The zero-order chi connectivity index (χ0) is 21.7. The molecule has 2 aliphatic rings. The molecule has 0 saturated carbocycles. The van der Waals surface area contributed by atoms with Crippen LogP contribution in [0.2, 0.25) is 0 Å². The van der Waals surface area contributed by atoms with Gasteiger partial charge in [-0.25, -0.2) is 0 Å². The van der Waals surface area contributed by atoms with Gasteiger partial charge in [0, 0.05) is 34.7 Å². The predicted octanol–water partition coefficient (Wildman–Crippen LogP) is 6.69. The summed E-state index contributed by atoms with van der Waals surface area (Å²) in [5, 5.41) is 2.61. The van der Waals surface area contributed by atoms with Crippen molar-refractivity contribution in [3.05, 3.63) is 106 Å². The molecular formula is C29H25N2S+. The van der Waals surface area contributed by atoms with Crippen LogP contribution in [0, 0.1) is 0 Å². The first-order valence-corrected chi connectivity index (χ1v) is 11.9. The molecule has 0 radical (unpaired) electrons. The standard InChI is InChI=1S/C29H25N2S/c1-30-26-14-8-9-15-27(26)32-28(30)19-24-22-12-6-7-13-25(22)31(2)29-21(16-17-23(24)29)18-20-10-4-3-5-11-20/h3-15,18-19H,16-17H2,1-2H3/q+1/b21-18-. The molecule has 1 aliphatic heterocycles. The molecule has 0 fully saturated rings. The van der Waals surface area contributed by atoms with Crippen molar-refractivity contribution >= 4 is 46.1 Å². The number of thioether (sulfide) groups is 1. The van der Waals surface area contributed by atoms with E-state index in [9.17, 15) is 0 Å². The lowest BCUT2D eigenvalue weighted by atomic mass is 9.99. The maximum Gasteiger partial charge on any atom is 0.213 e. The number of aryl methyl sites for hydroxylation is 1. The Morgan fingerprint density at radius 2 is 1.59 bits per heavy atom. The second kappa shape index (κ2) is 7.68. The predicted molar refractivity (Wildman–Crippen MR) is 136 cm³/mol. The van der Waals surface area contributed by atoms with Crippen molar-refractivity contribution in [2.24, 2.45) is 7.05 Å². The summed E-state index contributed by atoms with van der Waals surface area (Å²) in [5.74, 6) is 0. The minimum Gasteiger partial charge on any atom is -0.338 e. The zero-order valence-electron chi connectivity index (χ0n) is 18.4. The normalized spacial score (nSPS) is 17.4. The minimum absolute atomic E-state index is 1.08. The molecule has 0 amide bonds. The summed E-state index contributed by atoms with van der Waals surface area (Å²) in [6.07, 6.45) is 6.93. The molecule has 4 aromatic rings. The van der Waals surface area contributed by atoms with Crippen LogP contribution in [-0.4, -0.2) is 7.05 Å². The van der Waals surface area contributed by atoms with Crippen LogP contribution < -0.4 is 9.47 Å². The average Bonchev–Trinajstić information content (AvgIpc) is 3.39. The van der Waals surface area contributed by atoms with Crippen molar-refractivity contribution in [3.8, 4) is 0 Å². The zero-order valence-corrected chi connectivity index (χ0v) is 19.2. The lowest BCUT2D eigenvalue weighted by molar-refractivity contribution is -0.647. The highest BCUT2D eigenvalue weighted by Gasteiger charge is 2.31. The summed E-state index contributed by atoms with van der Waals surface area (Å²) in [6, 6.07) is 28.2. The number of fused-ring (bicyclic) bond motifs is 3. The van der Waals surface area contributed by atoms with Crippen molar-refractivity contribution in [3.63, 3.8) is 0 Å². The van der Waals surface area contributed by atoms with Gasteiger partial charge in [0.2, 0.25) is 11.2 Å². The lowest BCUT2D eigenvalue weighted by Gasteiger charge is -2.15. The van der Waals surface area contributed by atoms with E-state index in [1.807, 2.05) is 11.8 Å². The minimum atomic E-state index is 1.08. The Kier molecular flexibility index (Phi) is 4.65. The van der Waals surface area contributed by atoms with Crippen molar-refractivity contribution in [1.29, 1.82) is 0 Å². The molecule has 0 spiro atoms. The average molecular weight is 434 g/mol. The highest BCUT2D eigenvalue weighted by atomic mass is 32.2.